The third-order valence-corrected chi connectivity index (χ3v) is 4.62. The topological polar surface area (TPSA) is 29.1 Å². The molecule has 1 heterocycles. The lowest BCUT2D eigenvalue weighted by Gasteiger charge is -2.17. The molecular weight excluding hydrogens is 341 g/mol. The smallest absolute Gasteiger partial charge is 0.253 e. The van der Waals surface area contributed by atoms with E-state index in [1.165, 1.54) is 12.1 Å². The van der Waals surface area contributed by atoms with Crippen molar-refractivity contribution in [1.29, 1.82) is 0 Å². The Bertz CT molecular complexity index is 586. The van der Waals surface area contributed by atoms with Gasteiger partial charge in [0.25, 0.3) is 5.91 Å². The third kappa shape index (κ3) is 3.67. The van der Waals surface area contributed by atoms with Crippen LogP contribution in [0.1, 0.15) is 41.0 Å². The fraction of sp³-hybridized carbons (Fsp3) is 0.267. The van der Waals surface area contributed by atoms with Gasteiger partial charge in [-0.2, -0.15) is 0 Å². The summed E-state index contributed by atoms with van der Waals surface area (Å²) in [7, 11) is 0. The Morgan fingerprint density at radius 2 is 2.25 bits per heavy atom. The van der Waals surface area contributed by atoms with Gasteiger partial charge in [-0.25, -0.2) is 4.39 Å². The monoisotopic (exact) mass is 355 g/mol. The molecule has 5 heteroatoms. The molecule has 1 amide bonds. The van der Waals surface area contributed by atoms with Gasteiger partial charge >= 0.3 is 0 Å². The van der Waals surface area contributed by atoms with E-state index in [1.54, 1.807) is 17.4 Å². The van der Waals surface area contributed by atoms with Gasteiger partial charge in [0.2, 0.25) is 0 Å². The predicted molar refractivity (Wildman–Crippen MR) is 83.5 cm³/mol. The Balaban J connectivity index is 2.18. The zero-order valence-electron chi connectivity index (χ0n) is 11.0. The molecule has 2 aromatic rings. The van der Waals surface area contributed by atoms with E-state index in [4.69, 9.17) is 0 Å². The summed E-state index contributed by atoms with van der Waals surface area (Å²) in [5, 5.41) is 4.97. The molecule has 0 bridgehead atoms. The summed E-state index contributed by atoms with van der Waals surface area (Å²) >= 11 is 4.90. The van der Waals surface area contributed by atoms with Crippen molar-refractivity contribution >= 4 is 33.2 Å². The van der Waals surface area contributed by atoms with Crippen molar-refractivity contribution in [1.82, 2.24) is 5.32 Å². The molecule has 20 heavy (non-hydrogen) atoms. The summed E-state index contributed by atoms with van der Waals surface area (Å²) < 4.78 is 13.9. The van der Waals surface area contributed by atoms with Gasteiger partial charge in [-0.05, 0) is 52.0 Å². The summed E-state index contributed by atoms with van der Waals surface area (Å²) in [4.78, 5) is 13.4. The third-order valence-electron chi connectivity index (χ3n) is 2.94. The molecule has 106 valence electrons. The molecule has 1 unspecified atom stereocenters. The van der Waals surface area contributed by atoms with Crippen LogP contribution >= 0.6 is 27.3 Å². The second-order valence-electron chi connectivity index (χ2n) is 4.45. The van der Waals surface area contributed by atoms with Crippen LogP contribution in [0.5, 0.6) is 0 Å². The number of rotatable bonds is 5. The molecule has 0 spiro atoms. The van der Waals surface area contributed by atoms with E-state index in [9.17, 15) is 9.18 Å². The Morgan fingerprint density at radius 1 is 1.45 bits per heavy atom. The van der Waals surface area contributed by atoms with Gasteiger partial charge in [-0.15, -0.1) is 11.3 Å². The van der Waals surface area contributed by atoms with E-state index >= 15 is 0 Å². The highest BCUT2D eigenvalue weighted by Gasteiger charge is 2.18. The number of halogens is 2. The molecule has 0 fully saturated rings. The van der Waals surface area contributed by atoms with Crippen LogP contribution in [0.3, 0.4) is 0 Å². The average Bonchev–Trinajstić information content (AvgIpc) is 2.95. The van der Waals surface area contributed by atoms with Gasteiger partial charge in [0, 0.05) is 9.35 Å². The molecule has 0 aliphatic carbocycles. The molecule has 1 N–H and O–H groups in total. The largest absolute Gasteiger partial charge is 0.344 e. The summed E-state index contributed by atoms with van der Waals surface area (Å²) in [6.45, 7) is 2.07. The van der Waals surface area contributed by atoms with Crippen molar-refractivity contribution < 1.29 is 9.18 Å². The van der Waals surface area contributed by atoms with E-state index in [1.807, 2.05) is 17.5 Å². The lowest BCUT2D eigenvalue weighted by atomic mass is 10.1. The summed E-state index contributed by atoms with van der Waals surface area (Å²) in [6.07, 6.45) is 1.83. The Hall–Kier alpha value is -1.20. The van der Waals surface area contributed by atoms with Crippen molar-refractivity contribution in [3.8, 4) is 0 Å². The van der Waals surface area contributed by atoms with Crippen LogP contribution in [0, 0.1) is 5.82 Å². The zero-order chi connectivity index (χ0) is 14.5. The van der Waals surface area contributed by atoms with Gasteiger partial charge in [0.15, 0.2) is 0 Å². The average molecular weight is 356 g/mol. The second kappa shape index (κ2) is 6.99. The van der Waals surface area contributed by atoms with Gasteiger partial charge < -0.3 is 5.32 Å². The fourth-order valence-corrected chi connectivity index (χ4v) is 3.21. The first kappa shape index (κ1) is 15.2. The van der Waals surface area contributed by atoms with Crippen molar-refractivity contribution in [2.24, 2.45) is 0 Å². The molecule has 1 aromatic heterocycles. The molecule has 0 aliphatic rings. The van der Waals surface area contributed by atoms with Gasteiger partial charge in [0.05, 0.1) is 11.6 Å². The van der Waals surface area contributed by atoms with Crippen LogP contribution in [0.15, 0.2) is 40.2 Å². The molecule has 0 saturated heterocycles. The number of hydrogen-bond acceptors (Lipinski definition) is 2. The van der Waals surface area contributed by atoms with E-state index < -0.39 is 5.82 Å². The van der Waals surface area contributed by atoms with Crippen LogP contribution in [-0.4, -0.2) is 5.91 Å². The number of thiophene rings is 1. The SMILES string of the molecule is CCCC(NC(=O)c1cc(F)ccc1Br)c1cccs1. The minimum absolute atomic E-state index is 0.0253. The molecule has 1 atom stereocenters. The van der Waals surface area contributed by atoms with Crippen LogP contribution in [0.25, 0.3) is 0 Å². The summed E-state index contributed by atoms with van der Waals surface area (Å²) in [5.74, 6) is -0.676. The number of hydrogen-bond donors (Lipinski definition) is 1. The maximum absolute atomic E-state index is 13.3. The van der Waals surface area contributed by atoms with Crippen LogP contribution in [0.4, 0.5) is 4.39 Å². The predicted octanol–water partition coefficient (Wildman–Crippen LogP) is 4.92. The first-order valence-electron chi connectivity index (χ1n) is 6.41. The molecule has 2 nitrogen and oxygen atoms in total. The number of benzene rings is 1. The highest BCUT2D eigenvalue weighted by Crippen LogP contribution is 2.25. The van der Waals surface area contributed by atoms with E-state index in [2.05, 4.69) is 28.2 Å². The molecule has 0 radical (unpaired) electrons. The highest BCUT2D eigenvalue weighted by molar-refractivity contribution is 9.10. The molecule has 0 aliphatic heterocycles. The molecular formula is C15H15BrFNOS. The van der Waals surface area contributed by atoms with E-state index in [0.717, 1.165) is 17.7 Å². The van der Waals surface area contributed by atoms with Crippen molar-refractivity contribution in [3.63, 3.8) is 0 Å². The Kier molecular flexibility index (Phi) is 5.31. The zero-order valence-corrected chi connectivity index (χ0v) is 13.4. The quantitative estimate of drug-likeness (QED) is 0.809. The Labute approximate surface area is 130 Å². The van der Waals surface area contributed by atoms with Crippen molar-refractivity contribution in [2.75, 3.05) is 0 Å². The van der Waals surface area contributed by atoms with Crippen molar-refractivity contribution in [3.05, 3.63) is 56.4 Å². The van der Waals surface area contributed by atoms with E-state index in [0.29, 0.717) is 10.0 Å². The number of carbonyl (C=O) groups is 1. The first-order valence-corrected chi connectivity index (χ1v) is 8.08. The van der Waals surface area contributed by atoms with Gasteiger partial charge in [-0.3, -0.25) is 4.79 Å². The molecule has 1 aromatic carbocycles. The van der Waals surface area contributed by atoms with Crippen LogP contribution in [-0.2, 0) is 0 Å². The minimum Gasteiger partial charge on any atom is -0.344 e. The van der Waals surface area contributed by atoms with Gasteiger partial charge in [0.1, 0.15) is 5.82 Å². The normalized spacial score (nSPS) is 12.2. The highest BCUT2D eigenvalue weighted by atomic mass is 79.9. The minimum atomic E-state index is -0.415. The van der Waals surface area contributed by atoms with Crippen molar-refractivity contribution in [2.45, 2.75) is 25.8 Å². The lowest BCUT2D eigenvalue weighted by molar-refractivity contribution is 0.0934. The maximum Gasteiger partial charge on any atom is 0.253 e. The second-order valence-corrected chi connectivity index (χ2v) is 6.29. The van der Waals surface area contributed by atoms with Gasteiger partial charge in [-0.1, -0.05) is 19.4 Å². The van der Waals surface area contributed by atoms with Crippen LogP contribution < -0.4 is 5.32 Å². The fourth-order valence-electron chi connectivity index (χ4n) is 1.97. The number of nitrogens with one attached hydrogen (secondary N) is 1. The molecule has 0 saturated carbocycles. The lowest BCUT2D eigenvalue weighted by Crippen LogP contribution is -2.28. The van der Waals surface area contributed by atoms with Crippen LogP contribution in [0.2, 0.25) is 0 Å². The molecule has 2 rings (SSSR count). The Morgan fingerprint density at radius 3 is 2.90 bits per heavy atom. The standard InChI is InChI=1S/C15H15BrFNOS/c1-2-4-13(14-5-3-8-20-14)18-15(19)11-9-10(17)6-7-12(11)16/h3,5-9,13H,2,4H2,1H3,(H,18,19). The first-order chi connectivity index (χ1) is 9.61. The maximum atomic E-state index is 13.3. The summed E-state index contributed by atoms with van der Waals surface area (Å²) in [5.41, 5.74) is 0.322. The summed E-state index contributed by atoms with van der Waals surface area (Å²) in [6, 6.07) is 8.06. The number of amides is 1. The van der Waals surface area contributed by atoms with E-state index in [-0.39, 0.29) is 11.9 Å². The number of carbonyl (C=O) groups excluding carboxylic acids is 1.